The van der Waals surface area contributed by atoms with Crippen molar-refractivity contribution < 1.29 is 27.4 Å². The molecule has 2 aliphatic rings. The van der Waals surface area contributed by atoms with Gasteiger partial charge in [-0.15, -0.1) is 12.4 Å². The Kier molecular flexibility index (Phi) is 6.65. The predicted molar refractivity (Wildman–Crippen MR) is 90.1 cm³/mol. The van der Waals surface area contributed by atoms with Crippen LogP contribution < -0.4 is 19.7 Å². The molecule has 9 heteroatoms. The minimum atomic E-state index is -2.80. The molecule has 0 unspecified atom stereocenters. The van der Waals surface area contributed by atoms with Crippen molar-refractivity contribution in [1.82, 2.24) is 5.32 Å². The summed E-state index contributed by atoms with van der Waals surface area (Å²) in [5, 5.41) is 3.25. The molecule has 1 saturated heterocycles. The maximum absolute atomic E-state index is 14.9. The highest BCUT2D eigenvalue weighted by molar-refractivity contribution is 5.85. The van der Waals surface area contributed by atoms with Crippen molar-refractivity contribution in [2.75, 3.05) is 45.4 Å². The van der Waals surface area contributed by atoms with Gasteiger partial charge in [0.15, 0.2) is 17.3 Å². The average molecular weight is 383 g/mol. The Bertz CT molecular complexity index is 606. The smallest absolute Gasteiger partial charge is 0.267 e. The Balaban J connectivity index is 0.00000225. The third-order valence-corrected chi connectivity index (χ3v) is 4.45. The van der Waals surface area contributed by atoms with Crippen LogP contribution in [0, 0.1) is 5.82 Å². The van der Waals surface area contributed by atoms with Gasteiger partial charge in [-0.05, 0) is 6.07 Å². The molecule has 0 aliphatic carbocycles. The van der Waals surface area contributed by atoms with Crippen LogP contribution in [0.3, 0.4) is 0 Å². The number of anilines is 1. The van der Waals surface area contributed by atoms with E-state index in [1.807, 2.05) is 4.90 Å². The Morgan fingerprint density at radius 3 is 2.80 bits per heavy atom. The molecule has 1 aromatic carbocycles. The van der Waals surface area contributed by atoms with Gasteiger partial charge < -0.3 is 24.4 Å². The number of alkyl halides is 2. The van der Waals surface area contributed by atoms with E-state index in [4.69, 9.17) is 14.2 Å². The van der Waals surface area contributed by atoms with Crippen molar-refractivity contribution in [1.29, 1.82) is 0 Å². The zero-order chi connectivity index (χ0) is 17.3. The van der Waals surface area contributed by atoms with Crippen LogP contribution in [0.4, 0.5) is 18.9 Å². The quantitative estimate of drug-likeness (QED) is 0.867. The van der Waals surface area contributed by atoms with Crippen LogP contribution in [-0.4, -0.2) is 52.6 Å². The first-order valence-electron chi connectivity index (χ1n) is 7.88. The first kappa shape index (κ1) is 19.9. The van der Waals surface area contributed by atoms with Crippen LogP contribution in [0.15, 0.2) is 6.07 Å². The highest BCUT2D eigenvalue weighted by Crippen LogP contribution is 2.47. The normalized spacial score (nSPS) is 22.4. The molecule has 0 aromatic heterocycles. The molecule has 142 valence electrons. The van der Waals surface area contributed by atoms with E-state index in [9.17, 15) is 13.2 Å². The molecule has 25 heavy (non-hydrogen) atoms. The molecule has 2 aliphatic heterocycles. The Morgan fingerprint density at radius 1 is 1.40 bits per heavy atom. The summed E-state index contributed by atoms with van der Waals surface area (Å²) in [5.41, 5.74) is -0.293. The molecule has 1 fully saturated rings. The van der Waals surface area contributed by atoms with Gasteiger partial charge in [0.1, 0.15) is 11.8 Å². The van der Waals surface area contributed by atoms with E-state index in [2.05, 4.69) is 5.32 Å². The fourth-order valence-electron chi connectivity index (χ4n) is 3.39. The van der Waals surface area contributed by atoms with Gasteiger partial charge in [0.05, 0.1) is 19.3 Å². The van der Waals surface area contributed by atoms with Crippen LogP contribution in [-0.2, 0) is 4.74 Å². The number of methoxy groups -OCH3 is 2. The van der Waals surface area contributed by atoms with E-state index < -0.39 is 18.3 Å². The lowest BCUT2D eigenvalue weighted by Gasteiger charge is -2.37. The maximum Gasteiger partial charge on any atom is 0.267 e. The second-order valence-electron chi connectivity index (χ2n) is 5.94. The van der Waals surface area contributed by atoms with E-state index in [-0.39, 0.29) is 47.8 Å². The van der Waals surface area contributed by atoms with E-state index >= 15 is 0 Å². The van der Waals surface area contributed by atoms with Gasteiger partial charge in [0, 0.05) is 39.2 Å². The van der Waals surface area contributed by atoms with Crippen molar-refractivity contribution in [2.45, 2.75) is 25.0 Å². The standard InChI is InChI=1S/C16H21F3N2O3.ClH/c1-22-8-10-5-9-7-20-3-4-21(9)14-13(17)12(23-2)6-11(16(18)19)15(14)24-10;/h6,9-10,16,20H,3-5,7-8H2,1-2H3;1H/t9-,10+;/m1./s1. The van der Waals surface area contributed by atoms with Crippen LogP contribution in [0.5, 0.6) is 11.5 Å². The summed E-state index contributed by atoms with van der Waals surface area (Å²) in [5.74, 6) is -0.966. The van der Waals surface area contributed by atoms with Crippen LogP contribution >= 0.6 is 12.4 Å². The molecule has 5 nitrogen and oxygen atoms in total. The summed E-state index contributed by atoms with van der Waals surface area (Å²) >= 11 is 0. The van der Waals surface area contributed by atoms with Gasteiger partial charge in [-0.1, -0.05) is 0 Å². The average Bonchev–Trinajstić information content (AvgIpc) is 2.72. The Labute approximate surface area is 150 Å². The molecule has 0 bridgehead atoms. The highest BCUT2D eigenvalue weighted by Gasteiger charge is 2.38. The topological polar surface area (TPSA) is 43.0 Å². The molecular weight excluding hydrogens is 361 g/mol. The Hall–Kier alpha value is -1.38. The number of benzene rings is 1. The number of rotatable bonds is 4. The summed E-state index contributed by atoms with van der Waals surface area (Å²) in [6.07, 6.45) is -2.66. The molecule has 0 spiro atoms. The molecule has 2 heterocycles. The van der Waals surface area contributed by atoms with E-state index in [1.165, 1.54) is 14.2 Å². The molecule has 0 amide bonds. The number of hydrogen-bond donors (Lipinski definition) is 1. The first-order valence-corrected chi connectivity index (χ1v) is 7.88. The minimum Gasteiger partial charge on any atom is -0.494 e. The molecule has 2 atom stereocenters. The van der Waals surface area contributed by atoms with Gasteiger partial charge in [-0.25, -0.2) is 13.2 Å². The molecule has 1 aromatic rings. The summed E-state index contributed by atoms with van der Waals surface area (Å²) in [6, 6.07) is 0.956. The second kappa shape index (κ2) is 8.33. The van der Waals surface area contributed by atoms with Crippen molar-refractivity contribution in [3.8, 4) is 11.5 Å². The minimum absolute atomic E-state index is 0. The monoisotopic (exact) mass is 382 g/mol. The van der Waals surface area contributed by atoms with Gasteiger partial charge in [0.25, 0.3) is 6.43 Å². The molecule has 3 rings (SSSR count). The van der Waals surface area contributed by atoms with Crippen molar-refractivity contribution >= 4 is 18.1 Å². The third kappa shape index (κ3) is 3.75. The number of fused-ring (bicyclic) bond motifs is 3. The third-order valence-electron chi connectivity index (χ3n) is 4.45. The van der Waals surface area contributed by atoms with Crippen LogP contribution in [0.2, 0.25) is 0 Å². The fourth-order valence-corrected chi connectivity index (χ4v) is 3.39. The van der Waals surface area contributed by atoms with Crippen LogP contribution in [0.1, 0.15) is 18.4 Å². The van der Waals surface area contributed by atoms with Gasteiger partial charge in [-0.2, -0.15) is 0 Å². The lowest BCUT2D eigenvalue weighted by Crippen LogP contribution is -2.52. The zero-order valence-electron chi connectivity index (χ0n) is 14.1. The fraction of sp³-hybridized carbons (Fsp3) is 0.625. The number of nitrogens with one attached hydrogen (secondary N) is 1. The van der Waals surface area contributed by atoms with E-state index in [0.29, 0.717) is 26.1 Å². The summed E-state index contributed by atoms with van der Waals surface area (Å²) in [4.78, 5) is 1.81. The lowest BCUT2D eigenvalue weighted by molar-refractivity contribution is 0.0695. The van der Waals surface area contributed by atoms with Crippen molar-refractivity contribution in [2.24, 2.45) is 0 Å². The predicted octanol–water partition coefficient (Wildman–Crippen LogP) is 2.77. The SMILES string of the molecule is COC[C@@H]1C[C@@H]2CNCCN2c2c(F)c(OC)cc(C(F)F)c2O1.Cl. The summed E-state index contributed by atoms with van der Waals surface area (Å²) < 4.78 is 57.9. The molecule has 1 N–H and O–H groups in total. The Morgan fingerprint density at radius 2 is 2.16 bits per heavy atom. The molecule has 0 saturated carbocycles. The number of piperazine rings is 1. The van der Waals surface area contributed by atoms with Gasteiger partial charge in [-0.3, -0.25) is 0 Å². The van der Waals surface area contributed by atoms with E-state index in [0.717, 1.165) is 6.07 Å². The number of nitrogens with zero attached hydrogens (tertiary/aromatic N) is 1. The van der Waals surface area contributed by atoms with E-state index in [1.54, 1.807) is 0 Å². The van der Waals surface area contributed by atoms with Crippen molar-refractivity contribution in [3.05, 3.63) is 17.4 Å². The van der Waals surface area contributed by atoms with Crippen LogP contribution in [0.25, 0.3) is 0 Å². The zero-order valence-corrected chi connectivity index (χ0v) is 14.9. The summed E-state index contributed by atoms with van der Waals surface area (Å²) in [7, 11) is 2.79. The lowest BCUT2D eigenvalue weighted by atomic mass is 10.0. The molecular formula is C16H22ClF3N2O3. The molecule has 0 radical (unpaired) electrons. The number of hydrogen-bond acceptors (Lipinski definition) is 5. The van der Waals surface area contributed by atoms with Crippen molar-refractivity contribution in [3.63, 3.8) is 0 Å². The number of ether oxygens (including phenoxy) is 3. The first-order chi connectivity index (χ1) is 11.6. The largest absolute Gasteiger partial charge is 0.494 e. The highest BCUT2D eigenvalue weighted by atomic mass is 35.5. The van der Waals surface area contributed by atoms with Gasteiger partial charge >= 0.3 is 0 Å². The van der Waals surface area contributed by atoms with Gasteiger partial charge in [0.2, 0.25) is 0 Å². The summed E-state index contributed by atoms with van der Waals surface area (Å²) in [6.45, 7) is 2.03. The maximum atomic E-state index is 14.9. The number of halogens is 4. The second-order valence-corrected chi connectivity index (χ2v) is 5.94.